The quantitative estimate of drug-likeness (QED) is 0.854. The summed E-state index contributed by atoms with van der Waals surface area (Å²) in [6.07, 6.45) is 2.11. The summed E-state index contributed by atoms with van der Waals surface area (Å²) < 4.78 is 11.2. The van der Waals surface area contributed by atoms with E-state index in [1.165, 1.54) is 0 Å². The molecular formula is C16H29N3O2. The second-order valence-corrected chi connectivity index (χ2v) is 7.58. The summed E-state index contributed by atoms with van der Waals surface area (Å²) >= 11 is 0. The Morgan fingerprint density at radius 3 is 2.57 bits per heavy atom. The van der Waals surface area contributed by atoms with Gasteiger partial charge in [0.25, 0.3) is 0 Å². The zero-order chi connectivity index (χ0) is 15.7. The van der Waals surface area contributed by atoms with Gasteiger partial charge in [-0.2, -0.15) is 4.98 Å². The zero-order valence-corrected chi connectivity index (χ0v) is 14.3. The monoisotopic (exact) mass is 295 g/mol. The van der Waals surface area contributed by atoms with Gasteiger partial charge in [0.2, 0.25) is 5.89 Å². The molecule has 0 bridgehead atoms. The molecule has 0 radical (unpaired) electrons. The van der Waals surface area contributed by atoms with Gasteiger partial charge < -0.3 is 9.26 Å². The van der Waals surface area contributed by atoms with E-state index in [0.717, 1.165) is 38.4 Å². The molecule has 0 N–H and O–H groups in total. The van der Waals surface area contributed by atoms with Crippen molar-refractivity contribution in [1.29, 1.82) is 0 Å². The van der Waals surface area contributed by atoms with Crippen LogP contribution in [0.3, 0.4) is 0 Å². The van der Waals surface area contributed by atoms with Crippen LogP contribution < -0.4 is 0 Å². The normalized spacial score (nSPS) is 22.7. The molecule has 5 nitrogen and oxygen atoms in total. The zero-order valence-electron chi connectivity index (χ0n) is 14.3. The molecule has 0 aliphatic carbocycles. The molecular weight excluding hydrogens is 266 g/mol. The van der Waals surface area contributed by atoms with Crippen LogP contribution in [0, 0.1) is 0 Å². The summed E-state index contributed by atoms with van der Waals surface area (Å²) in [6, 6.07) is 0.517. The van der Waals surface area contributed by atoms with Crippen LogP contribution in [0.5, 0.6) is 0 Å². The molecule has 2 heterocycles. The first-order chi connectivity index (χ1) is 9.71. The van der Waals surface area contributed by atoms with Gasteiger partial charge in [0, 0.05) is 18.1 Å². The maximum Gasteiger partial charge on any atom is 0.240 e. The molecule has 1 aliphatic heterocycles. The number of hydrogen-bond donors (Lipinski definition) is 0. The van der Waals surface area contributed by atoms with E-state index >= 15 is 0 Å². The molecule has 0 aromatic carbocycles. The van der Waals surface area contributed by atoms with E-state index in [4.69, 9.17) is 9.26 Å². The van der Waals surface area contributed by atoms with Crippen LogP contribution in [0.15, 0.2) is 4.52 Å². The molecule has 5 heteroatoms. The molecule has 0 saturated carbocycles. The highest BCUT2D eigenvalue weighted by Crippen LogP contribution is 2.28. The van der Waals surface area contributed by atoms with Crippen molar-refractivity contribution < 1.29 is 9.26 Å². The Kier molecular flexibility index (Phi) is 4.73. The van der Waals surface area contributed by atoms with Gasteiger partial charge in [0.1, 0.15) is 0 Å². The lowest BCUT2D eigenvalue weighted by atomic mass is 9.93. The Labute approximate surface area is 128 Å². The Bertz CT molecular complexity index is 462. The fourth-order valence-corrected chi connectivity index (χ4v) is 2.81. The third-order valence-electron chi connectivity index (χ3n) is 4.07. The number of hydrogen-bond acceptors (Lipinski definition) is 5. The van der Waals surface area contributed by atoms with E-state index < -0.39 is 0 Å². The van der Waals surface area contributed by atoms with Crippen molar-refractivity contribution >= 4 is 0 Å². The van der Waals surface area contributed by atoms with Crippen LogP contribution in [0.1, 0.15) is 66.1 Å². The molecule has 2 rings (SSSR count). The number of ether oxygens (including phenoxy) is 1. The summed E-state index contributed by atoms with van der Waals surface area (Å²) in [6.45, 7) is 15.3. The second-order valence-electron chi connectivity index (χ2n) is 7.58. The first-order valence-corrected chi connectivity index (χ1v) is 7.92. The average Bonchev–Trinajstić information content (AvgIpc) is 2.83. The van der Waals surface area contributed by atoms with Crippen molar-refractivity contribution in [2.24, 2.45) is 0 Å². The van der Waals surface area contributed by atoms with Crippen LogP contribution in [0.25, 0.3) is 0 Å². The van der Waals surface area contributed by atoms with Gasteiger partial charge in [-0.1, -0.05) is 32.9 Å². The smallest absolute Gasteiger partial charge is 0.240 e. The maximum atomic E-state index is 5.81. The molecule has 1 unspecified atom stereocenters. The Balaban J connectivity index is 2.04. The summed E-state index contributed by atoms with van der Waals surface area (Å²) in [4.78, 5) is 6.97. The molecule has 0 amide bonds. The van der Waals surface area contributed by atoms with Gasteiger partial charge in [0.05, 0.1) is 12.1 Å². The third-order valence-corrected chi connectivity index (χ3v) is 4.07. The number of aromatic nitrogens is 2. The SMILES string of the molecule is CCN(Cc1nc(C(C)(C)C)no1)C1CCOC(C)(C)C1. The molecule has 1 aromatic heterocycles. The van der Waals surface area contributed by atoms with E-state index in [9.17, 15) is 0 Å². The van der Waals surface area contributed by atoms with Gasteiger partial charge in [-0.15, -0.1) is 0 Å². The standard InChI is InChI=1S/C16H29N3O2/c1-7-19(12-8-9-20-16(5,6)10-12)11-13-17-14(18-21-13)15(2,3)4/h12H,7-11H2,1-6H3. The summed E-state index contributed by atoms with van der Waals surface area (Å²) in [5.41, 5.74) is -0.110. The number of nitrogens with zero attached hydrogens (tertiary/aromatic N) is 3. The predicted octanol–water partition coefficient (Wildman–Crippen LogP) is 3.15. The maximum absolute atomic E-state index is 5.81. The van der Waals surface area contributed by atoms with Gasteiger partial charge in [-0.25, -0.2) is 0 Å². The van der Waals surface area contributed by atoms with Gasteiger partial charge >= 0.3 is 0 Å². The lowest BCUT2D eigenvalue weighted by Gasteiger charge is -2.40. The molecule has 1 fully saturated rings. The topological polar surface area (TPSA) is 51.4 Å². The summed E-state index contributed by atoms with van der Waals surface area (Å²) in [7, 11) is 0. The first-order valence-electron chi connectivity index (χ1n) is 7.92. The van der Waals surface area contributed by atoms with Gasteiger partial charge in [0.15, 0.2) is 5.82 Å². The molecule has 0 spiro atoms. The van der Waals surface area contributed by atoms with E-state index in [-0.39, 0.29) is 11.0 Å². The van der Waals surface area contributed by atoms with Crippen molar-refractivity contribution in [3.63, 3.8) is 0 Å². The highest BCUT2D eigenvalue weighted by molar-refractivity contribution is 5.00. The lowest BCUT2D eigenvalue weighted by molar-refractivity contribution is -0.0848. The molecule has 1 saturated heterocycles. The fraction of sp³-hybridized carbons (Fsp3) is 0.875. The number of rotatable bonds is 4. The molecule has 1 aromatic rings. The van der Waals surface area contributed by atoms with Crippen LogP contribution in [0.2, 0.25) is 0 Å². The minimum Gasteiger partial charge on any atom is -0.375 e. The van der Waals surface area contributed by atoms with Crippen molar-refractivity contribution in [3.8, 4) is 0 Å². The first kappa shape index (κ1) is 16.4. The Morgan fingerprint density at radius 2 is 2.05 bits per heavy atom. The van der Waals surface area contributed by atoms with Crippen LogP contribution in [-0.2, 0) is 16.7 Å². The van der Waals surface area contributed by atoms with Crippen LogP contribution >= 0.6 is 0 Å². The predicted molar refractivity (Wildman–Crippen MR) is 82.1 cm³/mol. The largest absolute Gasteiger partial charge is 0.375 e. The van der Waals surface area contributed by atoms with Crippen molar-refractivity contribution in [2.45, 2.75) is 78.0 Å². The Morgan fingerprint density at radius 1 is 1.33 bits per heavy atom. The van der Waals surface area contributed by atoms with Crippen molar-refractivity contribution in [2.75, 3.05) is 13.2 Å². The molecule has 21 heavy (non-hydrogen) atoms. The van der Waals surface area contributed by atoms with Gasteiger partial charge in [-0.05, 0) is 33.2 Å². The minimum absolute atomic E-state index is 0.0399. The fourth-order valence-electron chi connectivity index (χ4n) is 2.81. The summed E-state index contributed by atoms with van der Waals surface area (Å²) in [5.74, 6) is 1.49. The van der Waals surface area contributed by atoms with E-state index in [1.54, 1.807) is 0 Å². The second kappa shape index (κ2) is 6.05. The molecule has 1 atom stereocenters. The third kappa shape index (κ3) is 4.27. The van der Waals surface area contributed by atoms with Crippen LogP contribution in [-0.4, -0.2) is 39.8 Å². The minimum atomic E-state index is -0.0700. The lowest BCUT2D eigenvalue weighted by Crippen LogP contribution is -2.45. The van der Waals surface area contributed by atoms with Crippen LogP contribution in [0.4, 0.5) is 0 Å². The molecule has 1 aliphatic rings. The van der Waals surface area contributed by atoms with E-state index in [2.05, 4.69) is 56.6 Å². The highest BCUT2D eigenvalue weighted by atomic mass is 16.5. The average molecular weight is 295 g/mol. The van der Waals surface area contributed by atoms with Crippen molar-refractivity contribution in [3.05, 3.63) is 11.7 Å². The van der Waals surface area contributed by atoms with Crippen molar-refractivity contribution in [1.82, 2.24) is 15.0 Å². The summed E-state index contributed by atoms with van der Waals surface area (Å²) in [5, 5.41) is 4.11. The Hall–Kier alpha value is -0.940. The van der Waals surface area contributed by atoms with E-state index in [1.807, 2.05) is 0 Å². The highest BCUT2D eigenvalue weighted by Gasteiger charge is 2.32. The van der Waals surface area contributed by atoms with Gasteiger partial charge in [-0.3, -0.25) is 4.90 Å². The molecule has 120 valence electrons. The van der Waals surface area contributed by atoms with E-state index in [0.29, 0.717) is 11.9 Å².